The Morgan fingerprint density at radius 3 is 2.05 bits per heavy atom. The van der Waals surface area contributed by atoms with Crippen LogP contribution in [0.15, 0.2) is 66.7 Å². The number of ether oxygens (including phenoxy) is 1. The second-order valence-corrected chi connectivity index (χ2v) is 10.8. The maximum Gasteiger partial charge on any atom is 0.338 e. The van der Waals surface area contributed by atoms with Gasteiger partial charge < -0.3 is 21.1 Å². The van der Waals surface area contributed by atoms with E-state index >= 15 is 0 Å². The van der Waals surface area contributed by atoms with Gasteiger partial charge in [-0.05, 0) is 66.4 Å². The summed E-state index contributed by atoms with van der Waals surface area (Å²) in [5.74, 6) is -1.04. The lowest BCUT2D eigenvalue weighted by Crippen LogP contribution is -2.27. The molecule has 6 N–H and O–H groups in total. The Bertz CT molecular complexity index is 1510. The van der Waals surface area contributed by atoms with E-state index in [1.54, 1.807) is 67.6 Å². The number of carbonyl (C=O) groups excluding carboxylic acids is 3. The van der Waals surface area contributed by atoms with Crippen molar-refractivity contribution in [3.8, 4) is 11.1 Å². The summed E-state index contributed by atoms with van der Waals surface area (Å²) in [5.41, 5.74) is 8.43. The Labute approximate surface area is 239 Å². The van der Waals surface area contributed by atoms with Crippen molar-refractivity contribution in [2.45, 2.75) is 20.8 Å². The topological polar surface area (TPSA) is 189 Å². The SMILES string of the molecule is CCOC(=O)c1cc(C(=O)NCC(C)C)ccc1-c1ccccc1C(=O)Nc1ccc(C(=N)N)cc1.CS(=O)(=O)O. The van der Waals surface area contributed by atoms with Crippen LogP contribution in [0.5, 0.6) is 0 Å². The zero-order chi connectivity index (χ0) is 30.7. The molecule has 0 fully saturated rings. The van der Waals surface area contributed by atoms with Gasteiger partial charge in [-0.25, -0.2) is 4.79 Å². The molecule has 3 rings (SSSR count). The second kappa shape index (κ2) is 14.7. The number of amides is 2. The standard InChI is InChI=1S/C28H30N4O4.CH4O3S/c1-4-36-28(35)24-15-19(26(33)31-16-17(2)3)11-14-22(24)21-7-5-6-8-23(21)27(34)32-20-12-9-18(10-13-20)25(29)30;1-5(2,3)4/h5-15,17H,4,16H2,1-3H3,(H3,29,30)(H,31,33)(H,32,34);1H3,(H,2,3,4). The normalized spacial score (nSPS) is 10.7. The summed E-state index contributed by atoms with van der Waals surface area (Å²) >= 11 is 0. The number of nitrogens with two attached hydrogens (primary N) is 1. The van der Waals surface area contributed by atoms with E-state index in [1.165, 1.54) is 6.07 Å². The largest absolute Gasteiger partial charge is 0.462 e. The molecule has 0 saturated heterocycles. The third kappa shape index (κ3) is 10.5. The number of hydrogen-bond acceptors (Lipinski definition) is 7. The van der Waals surface area contributed by atoms with E-state index in [-0.39, 0.29) is 35.7 Å². The molecule has 3 aromatic rings. The van der Waals surface area contributed by atoms with Crippen LogP contribution in [0, 0.1) is 11.3 Å². The number of nitrogen functional groups attached to an aromatic ring is 1. The van der Waals surface area contributed by atoms with Gasteiger partial charge in [-0.1, -0.05) is 38.1 Å². The average molecular weight is 583 g/mol. The lowest BCUT2D eigenvalue weighted by Gasteiger charge is -2.15. The van der Waals surface area contributed by atoms with Crippen LogP contribution in [-0.2, 0) is 14.9 Å². The summed E-state index contributed by atoms with van der Waals surface area (Å²) in [5, 5.41) is 13.2. The fourth-order valence-corrected chi connectivity index (χ4v) is 3.54. The predicted molar refractivity (Wildman–Crippen MR) is 158 cm³/mol. The zero-order valence-corrected chi connectivity index (χ0v) is 24.0. The molecule has 0 aliphatic carbocycles. The van der Waals surface area contributed by atoms with Crippen molar-refractivity contribution in [2.75, 3.05) is 24.7 Å². The van der Waals surface area contributed by atoms with Crippen molar-refractivity contribution in [1.29, 1.82) is 5.41 Å². The molecule has 41 heavy (non-hydrogen) atoms. The lowest BCUT2D eigenvalue weighted by molar-refractivity contribution is 0.0527. The predicted octanol–water partition coefficient (Wildman–Crippen LogP) is 3.96. The minimum Gasteiger partial charge on any atom is -0.462 e. The van der Waals surface area contributed by atoms with E-state index in [9.17, 15) is 22.8 Å². The number of benzene rings is 3. The van der Waals surface area contributed by atoms with Gasteiger partial charge in [-0.15, -0.1) is 0 Å². The van der Waals surface area contributed by atoms with Crippen molar-refractivity contribution < 1.29 is 32.1 Å². The number of anilines is 1. The molecular weight excluding hydrogens is 548 g/mol. The summed E-state index contributed by atoms with van der Waals surface area (Å²) in [4.78, 5) is 38.7. The molecule has 0 aliphatic rings. The first-order chi connectivity index (χ1) is 19.2. The van der Waals surface area contributed by atoms with Crippen LogP contribution in [0.3, 0.4) is 0 Å². The molecule has 0 radical (unpaired) electrons. The van der Waals surface area contributed by atoms with Gasteiger partial charge in [-0.2, -0.15) is 8.42 Å². The van der Waals surface area contributed by atoms with Gasteiger partial charge in [0.25, 0.3) is 21.9 Å². The summed E-state index contributed by atoms with van der Waals surface area (Å²) in [7, 11) is -3.67. The Morgan fingerprint density at radius 2 is 1.49 bits per heavy atom. The fraction of sp³-hybridized carbons (Fsp3) is 0.241. The summed E-state index contributed by atoms with van der Waals surface area (Å²) in [6, 6.07) is 18.3. The summed E-state index contributed by atoms with van der Waals surface area (Å²) < 4.78 is 31.1. The first kappa shape index (κ1) is 32.7. The number of rotatable bonds is 9. The Morgan fingerprint density at radius 1 is 0.927 bits per heavy atom. The van der Waals surface area contributed by atoms with Crippen LogP contribution in [0.25, 0.3) is 11.1 Å². The van der Waals surface area contributed by atoms with Gasteiger partial charge in [0, 0.05) is 28.9 Å². The van der Waals surface area contributed by atoms with Crippen LogP contribution in [0.2, 0.25) is 0 Å². The number of nitrogens with one attached hydrogen (secondary N) is 3. The maximum atomic E-state index is 13.2. The van der Waals surface area contributed by atoms with Crippen LogP contribution in [0.1, 0.15) is 57.4 Å². The van der Waals surface area contributed by atoms with Gasteiger partial charge in [0.2, 0.25) is 0 Å². The molecule has 218 valence electrons. The van der Waals surface area contributed by atoms with Crippen LogP contribution >= 0.6 is 0 Å². The molecule has 2 amide bonds. The van der Waals surface area contributed by atoms with Crippen molar-refractivity contribution in [3.05, 3.63) is 89.0 Å². The molecule has 0 atom stereocenters. The average Bonchev–Trinajstić information content (AvgIpc) is 2.91. The van der Waals surface area contributed by atoms with E-state index < -0.39 is 16.1 Å². The summed E-state index contributed by atoms with van der Waals surface area (Å²) in [6.45, 7) is 6.36. The van der Waals surface area contributed by atoms with Crippen molar-refractivity contribution in [2.24, 2.45) is 11.7 Å². The molecular formula is C29H34N4O7S. The third-order valence-electron chi connectivity index (χ3n) is 5.36. The van der Waals surface area contributed by atoms with E-state index in [4.69, 9.17) is 20.4 Å². The maximum absolute atomic E-state index is 13.2. The Kier molecular flexibility index (Phi) is 11.7. The Balaban J connectivity index is 0.00000108. The zero-order valence-electron chi connectivity index (χ0n) is 23.2. The van der Waals surface area contributed by atoms with Gasteiger partial charge in [0.15, 0.2) is 0 Å². The van der Waals surface area contributed by atoms with Gasteiger partial charge >= 0.3 is 5.97 Å². The molecule has 0 spiro atoms. The Hall–Kier alpha value is -4.55. The molecule has 11 nitrogen and oxygen atoms in total. The highest BCUT2D eigenvalue weighted by Gasteiger charge is 2.21. The van der Waals surface area contributed by atoms with Crippen LogP contribution in [-0.4, -0.2) is 56.0 Å². The molecule has 0 unspecified atom stereocenters. The molecule has 0 saturated carbocycles. The second-order valence-electron chi connectivity index (χ2n) is 9.31. The van der Waals surface area contributed by atoms with Gasteiger partial charge in [0.05, 0.1) is 18.4 Å². The van der Waals surface area contributed by atoms with Crippen LogP contribution < -0.4 is 16.4 Å². The van der Waals surface area contributed by atoms with E-state index in [1.807, 2.05) is 13.8 Å². The van der Waals surface area contributed by atoms with Crippen molar-refractivity contribution in [1.82, 2.24) is 5.32 Å². The number of esters is 1. The minimum absolute atomic E-state index is 0.0638. The number of carbonyl (C=O) groups is 3. The van der Waals surface area contributed by atoms with E-state index in [0.29, 0.717) is 46.3 Å². The van der Waals surface area contributed by atoms with Gasteiger partial charge in [-0.3, -0.25) is 19.6 Å². The number of amidine groups is 1. The first-order valence-corrected chi connectivity index (χ1v) is 14.4. The van der Waals surface area contributed by atoms with E-state index in [2.05, 4.69) is 10.6 Å². The van der Waals surface area contributed by atoms with Crippen LogP contribution in [0.4, 0.5) is 5.69 Å². The highest BCUT2D eigenvalue weighted by molar-refractivity contribution is 7.85. The van der Waals surface area contributed by atoms with Gasteiger partial charge in [0.1, 0.15) is 5.84 Å². The molecule has 12 heteroatoms. The highest BCUT2D eigenvalue weighted by atomic mass is 32.2. The quantitative estimate of drug-likeness (QED) is 0.108. The highest BCUT2D eigenvalue weighted by Crippen LogP contribution is 2.29. The summed E-state index contributed by atoms with van der Waals surface area (Å²) in [6.07, 6.45) is 0.715. The minimum atomic E-state index is -3.67. The van der Waals surface area contributed by atoms with E-state index in [0.717, 1.165) is 0 Å². The molecule has 0 aliphatic heterocycles. The molecule has 0 bridgehead atoms. The first-order valence-electron chi connectivity index (χ1n) is 12.6. The molecule has 3 aromatic carbocycles. The number of hydrogen-bond donors (Lipinski definition) is 5. The fourth-order valence-electron chi connectivity index (χ4n) is 3.54. The smallest absolute Gasteiger partial charge is 0.338 e. The third-order valence-corrected chi connectivity index (χ3v) is 5.36. The van der Waals surface area contributed by atoms with Crippen molar-refractivity contribution in [3.63, 3.8) is 0 Å². The molecule has 0 heterocycles. The van der Waals surface area contributed by atoms with Crippen molar-refractivity contribution >= 4 is 39.4 Å². The lowest BCUT2D eigenvalue weighted by atomic mass is 9.93. The monoisotopic (exact) mass is 582 g/mol. The molecule has 0 aromatic heterocycles.